The van der Waals surface area contributed by atoms with Gasteiger partial charge in [0, 0.05) is 42.1 Å². The van der Waals surface area contributed by atoms with Gasteiger partial charge >= 0.3 is 0 Å². The fourth-order valence-electron chi connectivity index (χ4n) is 2.91. The molecule has 0 unspecified atom stereocenters. The average molecular weight is 350 g/mol. The maximum Gasteiger partial charge on any atom is 0.227 e. The summed E-state index contributed by atoms with van der Waals surface area (Å²) >= 11 is 7.96. The smallest absolute Gasteiger partial charge is 0.227 e. The summed E-state index contributed by atoms with van der Waals surface area (Å²) in [5.41, 5.74) is 1.16. The topological polar surface area (TPSA) is 36.4 Å². The van der Waals surface area contributed by atoms with Crippen molar-refractivity contribution >= 4 is 34.7 Å². The molecule has 1 aliphatic heterocycles. The normalized spacial score (nSPS) is 15.1. The Bertz CT molecular complexity index is 708. The molecule has 23 heavy (non-hydrogen) atoms. The van der Waals surface area contributed by atoms with Gasteiger partial charge in [0.1, 0.15) is 5.82 Å². The number of halogens is 1. The third-order valence-corrected chi connectivity index (χ3v) is 5.46. The zero-order valence-corrected chi connectivity index (χ0v) is 15.0. The van der Waals surface area contributed by atoms with Gasteiger partial charge in [0.05, 0.1) is 11.4 Å². The number of thiophene rings is 1. The Morgan fingerprint density at radius 2 is 2.04 bits per heavy atom. The summed E-state index contributed by atoms with van der Waals surface area (Å²) in [6.07, 6.45) is 2.25. The molecule has 0 atom stereocenters. The van der Waals surface area contributed by atoms with Gasteiger partial charge in [0.2, 0.25) is 5.91 Å². The number of carbonyl (C=O) groups excluding carboxylic acids is 1. The number of rotatable bonds is 3. The zero-order valence-electron chi connectivity index (χ0n) is 13.4. The lowest BCUT2D eigenvalue weighted by Crippen LogP contribution is -2.49. The van der Waals surface area contributed by atoms with Crippen molar-refractivity contribution in [2.45, 2.75) is 20.3 Å². The molecule has 1 aliphatic rings. The van der Waals surface area contributed by atoms with Crippen molar-refractivity contribution < 1.29 is 4.79 Å². The molecule has 3 heterocycles. The number of hydrogen-bond donors (Lipinski definition) is 0. The summed E-state index contributed by atoms with van der Waals surface area (Å²) in [6, 6.07) is 5.81. The lowest BCUT2D eigenvalue weighted by molar-refractivity contribution is -0.130. The molecule has 3 rings (SSSR count). The van der Waals surface area contributed by atoms with Crippen LogP contribution in [0.2, 0.25) is 5.02 Å². The molecule has 0 saturated carbocycles. The van der Waals surface area contributed by atoms with Crippen molar-refractivity contribution in [1.29, 1.82) is 0 Å². The van der Waals surface area contributed by atoms with Crippen LogP contribution in [0, 0.1) is 13.8 Å². The summed E-state index contributed by atoms with van der Waals surface area (Å²) in [4.78, 5) is 23.5. The van der Waals surface area contributed by atoms with Crippen LogP contribution >= 0.6 is 22.9 Å². The highest BCUT2D eigenvalue weighted by Gasteiger charge is 2.23. The molecule has 1 fully saturated rings. The van der Waals surface area contributed by atoms with Gasteiger partial charge in [-0.25, -0.2) is 4.98 Å². The number of aryl methyl sites for hydroxylation is 2. The Balaban J connectivity index is 1.59. The summed E-state index contributed by atoms with van der Waals surface area (Å²) in [5.74, 6) is 1.02. The number of amides is 1. The fourth-order valence-corrected chi connectivity index (χ4v) is 4.10. The maximum absolute atomic E-state index is 12.5. The SMILES string of the molecule is Cc1cc(CC(=O)N2CCN(c3ncccc3Cl)CC2)c(C)s1. The van der Waals surface area contributed by atoms with Crippen molar-refractivity contribution in [3.63, 3.8) is 0 Å². The van der Waals surface area contributed by atoms with Gasteiger partial charge in [0.15, 0.2) is 0 Å². The number of piperazine rings is 1. The van der Waals surface area contributed by atoms with E-state index in [9.17, 15) is 4.79 Å². The van der Waals surface area contributed by atoms with E-state index in [1.807, 2.05) is 17.0 Å². The number of pyridine rings is 1. The molecule has 0 aromatic carbocycles. The minimum atomic E-state index is 0.206. The van der Waals surface area contributed by atoms with Crippen LogP contribution in [0.1, 0.15) is 15.3 Å². The Labute approximate surface area is 145 Å². The molecule has 122 valence electrons. The van der Waals surface area contributed by atoms with Gasteiger partial charge < -0.3 is 9.80 Å². The lowest BCUT2D eigenvalue weighted by Gasteiger charge is -2.35. The van der Waals surface area contributed by atoms with E-state index in [2.05, 4.69) is 29.8 Å². The highest BCUT2D eigenvalue weighted by Crippen LogP contribution is 2.24. The van der Waals surface area contributed by atoms with E-state index in [4.69, 9.17) is 11.6 Å². The van der Waals surface area contributed by atoms with Crippen molar-refractivity contribution in [2.24, 2.45) is 0 Å². The van der Waals surface area contributed by atoms with E-state index in [-0.39, 0.29) is 5.91 Å². The summed E-state index contributed by atoms with van der Waals surface area (Å²) in [7, 11) is 0. The Kier molecular flexibility index (Phi) is 4.87. The summed E-state index contributed by atoms with van der Waals surface area (Å²) < 4.78 is 0. The van der Waals surface area contributed by atoms with Gasteiger partial charge in [-0.1, -0.05) is 11.6 Å². The molecule has 2 aromatic rings. The van der Waals surface area contributed by atoms with Crippen LogP contribution < -0.4 is 4.90 Å². The van der Waals surface area contributed by atoms with E-state index < -0.39 is 0 Å². The van der Waals surface area contributed by atoms with E-state index in [0.29, 0.717) is 24.5 Å². The zero-order chi connectivity index (χ0) is 16.4. The van der Waals surface area contributed by atoms with Gasteiger partial charge in [-0.2, -0.15) is 0 Å². The molecule has 0 bridgehead atoms. The number of hydrogen-bond acceptors (Lipinski definition) is 4. The van der Waals surface area contributed by atoms with E-state index in [0.717, 1.165) is 24.5 Å². The largest absolute Gasteiger partial charge is 0.352 e. The number of aromatic nitrogens is 1. The summed E-state index contributed by atoms with van der Waals surface area (Å²) in [6.45, 7) is 7.14. The molecule has 0 spiro atoms. The van der Waals surface area contributed by atoms with Gasteiger partial charge in [0.25, 0.3) is 0 Å². The number of carbonyl (C=O) groups is 1. The molecule has 0 aliphatic carbocycles. The second-order valence-corrected chi connectivity index (χ2v) is 7.66. The van der Waals surface area contributed by atoms with E-state index >= 15 is 0 Å². The van der Waals surface area contributed by atoms with Gasteiger partial charge in [-0.3, -0.25) is 4.79 Å². The molecule has 4 nitrogen and oxygen atoms in total. The van der Waals surface area contributed by atoms with Gasteiger partial charge in [-0.15, -0.1) is 11.3 Å². The number of nitrogens with zero attached hydrogens (tertiary/aromatic N) is 3. The van der Waals surface area contributed by atoms with E-state index in [1.54, 1.807) is 17.5 Å². The monoisotopic (exact) mass is 349 g/mol. The highest BCUT2D eigenvalue weighted by atomic mass is 35.5. The van der Waals surface area contributed by atoms with Crippen molar-refractivity contribution in [1.82, 2.24) is 9.88 Å². The molecule has 0 radical (unpaired) electrons. The first-order chi connectivity index (χ1) is 11.0. The van der Waals surface area contributed by atoms with Crippen molar-refractivity contribution in [2.75, 3.05) is 31.1 Å². The van der Waals surface area contributed by atoms with Crippen LogP contribution in [0.15, 0.2) is 24.4 Å². The Morgan fingerprint density at radius 3 is 2.65 bits per heavy atom. The third-order valence-electron chi connectivity index (χ3n) is 4.16. The first-order valence-corrected chi connectivity index (χ1v) is 8.93. The first-order valence-electron chi connectivity index (χ1n) is 7.74. The minimum absolute atomic E-state index is 0.206. The molecule has 1 amide bonds. The standard InChI is InChI=1S/C17H20ClN3OS/c1-12-10-14(13(2)23-12)11-16(22)20-6-8-21(9-7-20)17-15(18)4-3-5-19-17/h3-5,10H,6-9,11H2,1-2H3. The molecular formula is C17H20ClN3OS. The maximum atomic E-state index is 12.5. The number of anilines is 1. The minimum Gasteiger partial charge on any atom is -0.352 e. The van der Waals surface area contributed by atoms with Crippen LogP contribution in [0.3, 0.4) is 0 Å². The molecule has 6 heteroatoms. The third kappa shape index (κ3) is 3.67. The Morgan fingerprint density at radius 1 is 1.30 bits per heavy atom. The molecule has 1 saturated heterocycles. The van der Waals surface area contributed by atoms with Crippen molar-refractivity contribution in [3.8, 4) is 0 Å². The first kappa shape index (κ1) is 16.3. The van der Waals surface area contributed by atoms with Crippen LogP contribution in [0.5, 0.6) is 0 Å². The van der Waals surface area contributed by atoms with E-state index in [1.165, 1.54) is 9.75 Å². The van der Waals surface area contributed by atoms with Crippen molar-refractivity contribution in [3.05, 3.63) is 44.7 Å². The molecular weight excluding hydrogens is 330 g/mol. The van der Waals surface area contributed by atoms with Crippen LogP contribution in [0.25, 0.3) is 0 Å². The average Bonchev–Trinajstić information content (AvgIpc) is 2.85. The predicted molar refractivity (Wildman–Crippen MR) is 95.5 cm³/mol. The lowest BCUT2D eigenvalue weighted by atomic mass is 10.1. The van der Waals surface area contributed by atoms with Gasteiger partial charge in [-0.05, 0) is 37.6 Å². The van der Waals surface area contributed by atoms with Crippen LogP contribution in [-0.2, 0) is 11.2 Å². The summed E-state index contributed by atoms with van der Waals surface area (Å²) in [5, 5.41) is 0.664. The quantitative estimate of drug-likeness (QED) is 0.853. The second-order valence-electron chi connectivity index (χ2n) is 5.79. The second kappa shape index (κ2) is 6.89. The molecule has 2 aromatic heterocycles. The highest BCUT2D eigenvalue weighted by molar-refractivity contribution is 7.12. The molecule has 0 N–H and O–H groups in total. The van der Waals surface area contributed by atoms with Crippen LogP contribution in [-0.4, -0.2) is 42.0 Å². The Hall–Kier alpha value is -1.59. The van der Waals surface area contributed by atoms with Crippen LogP contribution in [0.4, 0.5) is 5.82 Å². The fraction of sp³-hybridized carbons (Fsp3) is 0.412. The predicted octanol–water partition coefficient (Wildman–Crippen LogP) is 3.30.